The molecule has 178 valence electrons. The average Bonchev–Trinajstić information content (AvgIpc) is 2.79. The van der Waals surface area contributed by atoms with Crippen molar-refractivity contribution in [1.29, 1.82) is 0 Å². The minimum absolute atomic E-state index is 0.146. The highest BCUT2D eigenvalue weighted by Crippen LogP contribution is 2.45. The summed E-state index contributed by atoms with van der Waals surface area (Å²) in [6.07, 6.45) is 0.810. The molecule has 2 aliphatic heterocycles. The van der Waals surface area contributed by atoms with Crippen molar-refractivity contribution in [3.8, 4) is 5.75 Å². The summed E-state index contributed by atoms with van der Waals surface area (Å²) in [5.74, 6) is 0.931. The van der Waals surface area contributed by atoms with Crippen molar-refractivity contribution in [2.24, 2.45) is 0 Å². The normalized spacial score (nSPS) is 20.8. The molecule has 0 radical (unpaired) electrons. The Balaban J connectivity index is 1.65. The first-order valence-electron chi connectivity index (χ1n) is 11.4. The SMILES string of the molecule is CCOc1ccc2c(c1)[C@@H](C)CC(C)(C)N2C(=O)c1ccc(S(=O)(=O)N2CCOCC2)cc1. The van der Waals surface area contributed by atoms with Gasteiger partial charge in [0.2, 0.25) is 10.0 Å². The van der Waals surface area contributed by atoms with Crippen LogP contribution in [0.25, 0.3) is 0 Å². The van der Waals surface area contributed by atoms with Gasteiger partial charge in [0.05, 0.1) is 24.7 Å². The van der Waals surface area contributed by atoms with E-state index in [2.05, 4.69) is 20.8 Å². The zero-order valence-electron chi connectivity index (χ0n) is 19.7. The van der Waals surface area contributed by atoms with E-state index in [4.69, 9.17) is 9.47 Å². The standard InChI is InChI=1S/C25H32N2O5S/c1-5-32-20-8-11-23-22(16-20)18(2)17-25(3,4)27(23)24(28)19-6-9-21(10-7-19)33(29,30)26-12-14-31-15-13-26/h6-11,16,18H,5,12-15,17H2,1-4H3/t18-/m0/s1. The lowest BCUT2D eigenvalue weighted by atomic mass is 9.79. The molecule has 1 fully saturated rings. The lowest BCUT2D eigenvalue weighted by Gasteiger charge is -2.46. The molecule has 4 rings (SSSR count). The number of ether oxygens (including phenoxy) is 2. The number of carbonyl (C=O) groups is 1. The van der Waals surface area contributed by atoms with Crippen molar-refractivity contribution in [3.63, 3.8) is 0 Å². The summed E-state index contributed by atoms with van der Waals surface area (Å²) in [6.45, 7) is 10.3. The molecule has 2 aromatic rings. The van der Waals surface area contributed by atoms with Crippen LogP contribution in [-0.2, 0) is 14.8 Å². The Hall–Kier alpha value is -2.42. The summed E-state index contributed by atoms with van der Waals surface area (Å²) < 4.78 is 38.2. The van der Waals surface area contributed by atoms with Crippen molar-refractivity contribution >= 4 is 21.6 Å². The molecule has 0 aliphatic carbocycles. The van der Waals surface area contributed by atoms with E-state index in [0.717, 1.165) is 23.4 Å². The van der Waals surface area contributed by atoms with Gasteiger partial charge in [-0.15, -0.1) is 0 Å². The number of fused-ring (bicyclic) bond motifs is 1. The largest absolute Gasteiger partial charge is 0.494 e. The van der Waals surface area contributed by atoms with Gasteiger partial charge >= 0.3 is 0 Å². The summed E-state index contributed by atoms with van der Waals surface area (Å²) in [7, 11) is -3.60. The maximum atomic E-state index is 13.7. The molecule has 1 saturated heterocycles. The number of benzene rings is 2. The number of amides is 1. The van der Waals surface area contributed by atoms with Gasteiger partial charge in [0, 0.05) is 29.9 Å². The second kappa shape index (κ2) is 9.08. The molecule has 0 unspecified atom stereocenters. The lowest BCUT2D eigenvalue weighted by Crippen LogP contribution is -2.51. The number of carbonyl (C=O) groups excluding carboxylic acids is 1. The first-order chi connectivity index (χ1) is 15.6. The Bertz CT molecular complexity index is 1120. The van der Waals surface area contributed by atoms with Gasteiger partial charge < -0.3 is 14.4 Å². The molecule has 0 aromatic heterocycles. The number of rotatable bonds is 5. The molecule has 7 nitrogen and oxygen atoms in total. The smallest absolute Gasteiger partial charge is 0.258 e. The fourth-order valence-electron chi connectivity index (χ4n) is 4.88. The van der Waals surface area contributed by atoms with Crippen LogP contribution in [0.3, 0.4) is 0 Å². The van der Waals surface area contributed by atoms with Gasteiger partial charge in [0.15, 0.2) is 0 Å². The summed E-state index contributed by atoms with van der Waals surface area (Å²) >= 11 is 0. The Labute approximate surface area is 196 Å². The van der Waals surface area contributed by atoms with Crippen LogP contribution >= 0.6 is 0 Å². The monoisotopic (exact) mass is 472 g/mol. The average molecular weight is 473 g/mol. The highest BCUT2D eigenvalue weighted by Gasteiger charge is 2.40. The molecule has 0 saturated carbocycles. The Morgan fingerprint density at radius 2 is 1.79 bits per heavy atom. The van der Waals surface area contributed by atoms with Crippen LogP contribution in [0.4, 0.5) is 5.69 Å². The minimum atomic E-state index is -3.60. The van der Waals surface area contributed by atoms with E-state index >= 15 is 0 Å². The van der Waals surface area contributed by atoms with Crippen LogP contribution in [0.5, 0.6) is 5.75 Å². The van der Waals surface area contributed by atoms with E-state index in [0.29, 0.717) is 38.5 Å². The van der Waals surface area contributed by atoms with Gasteiger partial charge in [-0.2, -0.15) is 4.31 Å². The number of anilines is 1. The maximum Gasteiger partial charge on any atom is 0.258 e. The van der Waals surface area contributed by atoms with Crippen molar-refractivity contribution in [2.45, 2.75) is 50.5 Å². The second-order valence-electron chi connectivity index (χ2n) is 9.25. The van der Waals surface area contributed by atoms with E-state index in [1.807, 2.05) is 30.0 Å². The van der Waals surface area contributed by atoms with E-state index in [9.17, 15) is 13.2 Å². The van der Waals surface area contributed by atoms with E-state index in [1.165, 1.54) is 16.4 Å². The van der Waals surface area contributed by atoms with Crippen LogP contribution in [0, 0.1) is 0 Å². The molecule has 8 heteroatoms. The van der Waals surface area contributed by atoms with Crippen LogP contribution < -0.4 is 9.64 Å². The first-order valence-corrected chi connectivity index (χ1v) is 12.9. The highest BCUT2D eigenvalue weighted by molar-refractivity contribution is 7.89. The van der Waals surface area contributed by atoms with Crippen molar-refractivity contribution < 1.29 is 22.7 Å². The fraction of sp³-hybridized carbons (Fsp3) is 0.480. The summed E-state index contributed by atoms with van der Waals surface area (Å²) in [6, 6.07) is 12.1. The maximum absolute atomic E-state index is 13.7. The molecule has 2 aliphatic rings. The van der Waals surface area contributed by atoms with Crippen molar-refractivity contribution in [1.82, 2.24) is 4.31 Å². The van der Waals surface area contributed by atoms with Crippen LogP contribution in [-0.4, -0.2) is 57.1 Å². The third-order valence-electron chi connectivity index (χ3n) is 6.41. The third-order valence-corrected chi connectivity index (χ3v) is 8.32. The lowest BCUT2D eigenvalue weighted by molar-refractivity contribution is 0.0730. The van der Waals surface area contributed by atoms with Crippen molar-refractivity contribution in [3.05, 3.63) is 53.6 Å². The predicted molar refractivity (Wildman–Crippen MR) is 128 cm³/mol. The summed E-state index contributed by atoms with van der Waals surface area (Å²) in [5, 5.41) is 0. The van der Waals surface area contributed by atoms with Gasteiger partial charge in [-0.1, -0.05) is 6.92 Å². The quantitative estimate of drug-likeness (QED) is 0.657. The molecular formula is C25H32N2O5S. The zero-order chi connectivity index (χ0) is 23.8. The number of hydrogen-bond donors (Lipinski definition) is 0. The van der Waals surface area contributed by atoms with Crippen molar-refractivity contribution in [2.75, 3.05) is 37.8 Å². The molecular weight excluding hydrogens is 440 g/mol. The number of nitrogens with zero attached hydrogens (tertiary/aromatic N) is 2. The predicted octanol–water partition coefficient (Wildman–Crippen LogP) is 4.04. The Morgan fingerprint density at radius 1 is 1.12 bits per heavy atom. The van der Waals surface area contributed by atoms with Gasteiger partial charge in [0.25, 0.3) is 5.91 Å². The molecule has 0 N–H and O–H groups in total. The Kier molecular flexibility index (Phi) is 6.53. The van der Waals surface area contributed by atoms with Crippen LogP contribution in [0.15, 0.2) is 47.4 Å². The number of morpholine rings is 1. The van der Waals surface area contributed by atoms with Gasteiger partial charge in [-0.3, -0.25) is 4.79 Å². The summed E-state index contributed by atoms with van der Waals surface area (Å²) in [5.41, 5.74) is 2.02. The topological polar surface area (TPSA) is 76.2 Å². The molecule has 0 spiro atoms. The van der Waals surface area contributed by atoms with Gasteiger partial charge in [-0.05, 0) is 81.1 Å². The molecule has 0 bridgehead atoms. The van der Waals surface area contributed by atoms with Crippen LogP contribution in [0.1, 0.15) is 56.0 Å². The third kappa shape index (κ3) is 4.52. The van der Waals surface area contributed by atoms with E-state index < -0.39 is 15.6 Å². The molecule has 2 heterocycles. The van der Waals surface area contributed by atoms with Gasteiger partial charge in [-0.25, -0.2) is 8.42 Å². The van der Waals surface area contributed by atoms with Gasteiger partial charge in [0.1, 0.15) is 5.75 Å². The number of sulfonamides is 1. The molecule has 1 atom stereocenters. The Morgan fingerprint density at radius 3 is 2.42 bits per heavy atom. The number of hydrogen-bond acceptors (Lipinski definition) is 5. The molecule has 1 amide bonds. The highest BCUT2D eigenvalue weighted by atomic mass is 32.2. The fourth-order valence-corrected chi connectivity index (χ4v) is 6.29. The van der Waals surface area contributed by atoms with E-state index in [-0.39, 0.29) is 16.7 Å². The van der Waals surface area contributed by atoms with E-state index in [1.54, 1.807) is 12.1 Å². The zero-order valence-corrected chi connectivity index (χ0v) is 20.5. The van der Waals surface area contributed by atoms with Crippen LogP contribution in [0.2, 0.25) is 0 Å². The molecule has 2 aromatic carbocycles. The second-order valence-corrected chi connectivity index (χ2v) is 11.2. The first kappa shape index (κ1) is 23.7. The minimum Gasteiger partial charge on any atom is -0.494 e. The molecule has 33 heavy (non-hydrogen) atoms. The summed E-state index contributed by atoms with van der Waals surface area (Å²) in [4.78, 5) is 15.7.